The Morgan fingerprint density at radius 1 is 1.10 bits per heavy atom. The Hall–Kier alpha value is -2.66. The summed E-state index contributed by atoms with van der Waals surface area (Å²) in [5.74, 6) is -0.0655. The van der Waals surface area contributed by atoms with Crippen molar-refractivity contribution in [2.45, 2.75) is 46.6 Å². The molecule has 3 rings (SSSR count). The molecule has 2 aromatic carbocycles. The molecule has 1 N–H and O–H groups in total. The topological polar surface area (TPSA) is 46.5 Å². The van der Waals surface area contributed by atoms with E-state index in [2.05, 4.69) is 19.1 Å². The highest BCUT2D eigenvalue weighted by atomic mass is 32.1. The maximum Gasteiger partial charge on any atom is 0.303 e. The lowest BCUT2D eigenvalue weighted by Crippen LogP contribution is -2.02. The van der Waals surface area contributed by atoms with Crippen molar-refractivity contribution >= 4 is 17.3 Å². The number of hydrogen-bond donors (Lipinski definition) is 1. The second kappa shape index (κ2) is 9.23. The van der Waals surface area contributed by atoms with E-state index in [4.69, 9.17) is 9.84 Å². The van der Waals surface area contributed by atoms with E-state index in [1.807, 2.05) is 38.1 Å². The number of aryl methyl sites for hydroxylation is 2. The van der Waals surface area contributed by atoms with Crippen molar-refractivity contribution < 1.29 is 19.0 Å². The molecule has 0 saturated carbocycles. The van der Waals surface area contributed by atoms with Crippen LogP contribution in [0.3, 0.4) is 0 Å². The van der Waals surface area contributed by atoms with Crippen LogP contribution in [-0.4, -0.2) is 11.1 Å². The van der Waals surface area contributed by atoms with Crippen LogP contribution >= 0.6 is 11.3 Å². The molecule has 0 saturated heterocycles. The van der Waals surface area contributed by atoms with Crippen LogP contribution in [-0.2, 0) is 24.2 Å². The number of carbonyl (C=O) groups is 1. The number of rotatable bonds is 8. The zero-order valence-corrected chi connectivity index (χ0v) is 17.7. The molecule has 0 atom stereocenters. The van der Waals surface area contributed by atoms with Gasteiger partial charge in [0, 0.05) is 12.0 Å². The fourth-order valence-corrected chi connectivity index (χ4v) is 4.15. The predicted molar refractivity (Wildman–Crippen MR) is 115 cm³/mol. The predicted octanol–water partition coefficient (Wildman–Crippen LogP) is 6.33. The fourth-order valence-electron chi connectivity index (χ4n) is 3.33. The Morgan fingerprint density at radius 2 is 1.83 bits per heavy atom. The summed E-state index contributed by atoms with van der Waals surface area (Å²) in [7, 11) is 0. The maximum absolute atomic E-state index is 14.0. The van der Waals surface area contributed by atoms with Gasteiger partial charge in [-0.3, -0.25) is 4.79 Å². The minimum absolute atomic E-state index is 0.106. The summed E-state index contributed by atoms with van der Waals surface area (Å²) in [6.07, 6.45) is 1.57. The third-order valence-corrected chi connectivity index (χ3v) is 6.17. The van der Waals surface area contributed by atoms with Crippen LogP contribution in [0.1, 0.15) is 40.5 Å². The molecule has 5 heteroatoms. The van der Waals surface area contributed by atoms with Crippen LogP contribution < -0.4 is 4.74 Å². The fraction of sp³-hybridized carbons (Fsp3) is 0.292. The minimum atomic E-state index is -0.804. The normalized spacial score (nSPS) is 10.9. The van der Waals surface area contributed by atoms with Crippen LogP contribution in [0.4, 0.5) is 4.39 Å². The molecule has 0 aliphatic carbocycles. The first-order chi connectivity index (χ1) is 13.9. The molecule has 0 spiro atoms. The standard InChI is InChI=1S/C24H25FO3S/c1-4-17-5-7-19(8-6-17)20-13-23(25)29-22(20)14-28-21-11-9-18(10-12-24(26)27)15(2)16(21)3/h5-9,11,13H,4,10,12,14H2,1-3H3,(H,26,27). The summed E-state index contributed by atoms with van der Waals surface area (Å²) in [6.45, 7) is 6.34. The van der Waals surface area contributed by atoms with Crippen molar-refractivity contribution in [2.24, 2.45) is 0 Å². The Balaban J connectivity index is 1.78. The van der Waals surface area contributed by atoms with Gasteiger partial charge in [0.25, 0.3) is 0 Å². The molecule has 3 aromatic rings. The summed E-state index contributed by atoms with van der Waals surface area (Å²) in [5.41, 5.74) is 6.13. The van der Waals surface area contributed by atoms with Crippen LogP contribution in [0.15, 0.2) is 42.5 Å². The molecule has 0 aliphatic heterocycles. The maximum atomic E-state index is 14.0. The quantitative estimate of drug-likeness (QED) is 0.470. The number of halogens is 1. The molecule has 0 amide bonds. The van der Waals surface area contributed by atoms with Crippen LogP contribution in [0.25, 0.3) is 11.1 Å². The number of ether oxygens (including phenoxy) is 1. The van der Waals surface area contributed by atoms with Gasteiger partial charge in [-0.1, -0.05) is 37.3 Å². The summed E-state index contributed by atoms with van der Waals surface area (Å²) in [4.78, 5) is 11.7. The number of benzene rings is 2. The number of carboxylic acids is 1. The average molecular weight is 413 g/mol. The van der Waals surface area contributed by atoms with Crippen LogP contribution in [0, 0.1) is 19.0 Å². The molecule has 29 heavy (non-hydrogen) atoms. The van der Waals surface area contributed by atoms with Crippen molar-refractivity contribution in [3.8, 4) is 16.9 Å². The van der Waals surface area contributed by atoms with Gasteiger partial charge < -0.3 is 9.84 Å². The van der Waals surface area contributed by atoms with E-state index in [9.17, 15) is 9.18 Å². The lowest BCUT2D eigenvalue weighted by atomic mass is 9.99. The van der Waals surface area contributed by atoms with Gasteiger partial charge in [0.15, 0.2) is 5.13 Å². The van der Waals surface area contributed by atoms with Gasteiger partial charge in [-0.15, -0.1) is 11.3 Å². The van der Waals surface area contributed by atoms with Gasteiger partial charge in [0.1, 0.15) is 12.4 Å². The molecule has 1 aromatic heterocycles. The van der Waals surface area contributed by atoms with Gasteiger partial charge in [-0.05, 0) is 66.6 Å². The van der Waals surface area contributed by atoms with Crippen molar-refractivity contribution in [1.82, 2.24) is 0 Å². The van der Waals surface area contributed by atoms with Crippen molar-refractivity contribution in [3.63, 3.8) is 0 Å². The van der Waals surface area contributed by atoms with Crippen molar-refractivity contribution in [3.05, 3.63) is 74.7 Å². The highest BCUT2D eigenvalue weighted by Crippen LogP contribution is 2.33. The first-order valence-electron chi connectivity index (χ1n) is 9.70. The average Bonchev–Trinajstić information content (AvgIpc) is 3.08. The van der Waals surface area contributed by atoms with E-state index in [0.717, 1.165) is 56.2 Å². The van der Waals surface area contributed by atoms with Gasteiger partial charge in [-0.25, -0.2) is 0 Å². The third kappa shape index (κ3) is 5.04. The number of hydrogen-bond acceptors (Lipinski definition) is 3. The zero-order chi connectivity index (χ0) is 21.0. The minimum Gasteiger partial charge on any atom is -0.488 e. The summed E-state index contributed by atoms with van der Waals surface area (Å²) in [5, 5.41) is 8.67. The largest absolute Gasteiger partial charge is 0.488 e. The Kier molecular flexibility index (Phi) is 6.70. The SMILES string of the molecule is CCc1ccc(-c2cc(F)sc2COc2ccc(CCC(=O)O)c(C)c2C)cc1. The first kappa shape index (κ1) is 21.1. The van der Waals surface area contributed by atoms with Crippen molar-refractivity contribution in [1.29, 1.82) is 0 Å². The number of thiophene rings is 1. The molecule has 152 valence electrons. The van der Waals surface area contributed by atoms with Crippen LogP contribution in [0.2, 0.25) is 0 Å². The lowest BCUT2D eigenvalue weighted by molar-refractivity contribution is -0.136. The monoisotopic (exact) mass is 412 g/mol. The Labute approximate surface area is 174 Å². The van der Waals surface area contributed by atoms with E-state index in [1.165, 1.54) is 5.56 Å². The van der Waals surface area contributed by atoms with E-state index >= 15 is 0 Å². The second-order valence-electron chi connectivity index (χ2n) is 7.09. The second-order valence-corrected chi connectivity index (χ2v) is 8.18. The van der Waals surface area contributed by atoms with Gasteiger partial charge in [0.05, 0.1) is 4.88 Å². The van der Waals surface area contributed by atoms with E-state index in [0.29, 0.717) is 6.42 Å². The molecular formula is C24H25FO3S. The summed E-state index contributed by atoms with van der Waals surface area (Å²) < 4.78 is 20.0. The third-order valence-electron chi connectivity index (χ3n) is 5.27. The molecule has 3 nitrogen and oxygen atoms in total. The molecule has 0 fully saturated rings. The Bertz CT molecular complexity index is 1010. The lowest BCUT2D eigenvalue weighted by Gasteiger charge is -2.14. The zero-order valence-electron chi connectivity index (χ0n) is 16.9. The summed E-state index contributed by atoms with van der Waals surface area (Å²) >= 11 is 1.11. The van der Waals surface area contributed by atoms with E-state index in [1.54, 1.807) is 6.07 Å². The van der Waals surface area contributed by atoms with Gasteiger partial charge >= 0.3 is 5.97 Å². The molecule has 0 bridgehead atoms. The molecular weight excluding hydrogens is 387 g/mol. The molecule has 0 aliphatic rings. The number of aliphatic carboxylic acids is 1. The highest BCUT2D eigenvalue weighted by Gasteiger charge is 2.14. The van der Waals surface area contributed by atoms with Gasteiger partial charge in [0.2, 0.25) is 0 Å². The number of carboxylic acid groups (broad SMARTS) is 1. The molecule has 1 heterocycles. The summed E-state index contributed by atoms with van der Waals surface area (Å²) in [6, 6.07) is 13.5. The molecule has 0 radical (unpaired) electrons. The first-order valence-corrected chi connectivity index (χ1v) is 10.5. The van der Waals surface area contributed by atoms with Gasteiger partial charge in [-0.2, -0.15) is 4.39 Å². The van der Waals surface area contributed by atoms with E-state index in [-0.39, 0.29) is 18.2 Å². The van der Waals surface area contributed by atoms with Crippen molar-refractivity contribution in [2.75, 3.05) is 0 Å². The smallest absolute Gasteiger partial charge is 0.303 e. The highest BCUT2D eigenvalue weighted by molar-refractivity contribution is 7.10. The molecule has 0 unspecified atom stereocenters. The van der Waals surface area contributed by atoms with Crippen LogP contribution in [0.5, 0.6) is 5.75 Å². The Morgan fingerprint density at radius 3 is 2.48 bits per heavy atom. The van der Waals surface area contributed by atoms with E-state index < -0.39 is 5.97 Å².